The molecule has 1 aromatic carbocycles. The lowest BCUT2D eigenvalue weighted by atomic mass is 10.1. The fourth-order valence-electron chi connectivity index (χ4n) is 1.48. The molecule has 0 saturated heterocycles. The van der Waals surface area contributed by atoms with E-state index in [1.165, 1.54) is 19.6 Å². The highest BCUT2D eigenvalue weighted by Gasteiger charge is 2.19. The SMILES string of the molecule is COc1c(N=[N+]=[N-])c(O)c2ncncc2c1O. The third-order valence-corrected chi connectivity index (χ3v) is 2.19. The molecular weight excluding hydrogens is 226 g/mol. The quantitative estimate of drug-likeness (QED) is 0.355. The molecule has 86 valence electrons. The molecule has 0 atom stereocenters. The molecule has 0 aliphatic heterocycles. The van der Waals surface area contributed by atoms with Crippen LogP contribution in [-0.4, -0.2) is 27.3 Å². The van der Waals surface area contributed by atoms with Crippen LogP contribution in [0.25, 0.3) is 21.3 Å². The zero-order valence-corrected chi connectivity index (χ0v) is 8.69. The molecule has 0 amide bonds. The van der Waals surface area contributed by atoms with Gasteiger partial charge in [0.25, 0.3) is 0 Å². The molecule has 0 radical (unpaired) electrons. The van der Waals surface area contributed by atoms with Crippen molar-refractivity contribution in [2.24, 2.45) is 5.11 Å². The van der Waals surface area contributed by atoms with Gasteiger partial charge >= 0.3 is 0 Å². The van der Waals surface area contributed by atoms with Crippen LogP contribution in [0.3, 0.4) is 0 Å². The molecule has 8 nitrogen and oxygen atoms in total. The minimum atomic E-state index is -0.366. The molecule has 1 aromatic heterocycles. The van der Waals surface area contributed by atoms with Gasteiger partial charge in [-0.3, -0.25) is 0 Å². The molecule has 2 N–H and O–H groups in total. The van der Waals surface area contributed by atoms with E-state index in [-0.39, 0.29) is 33.8 Å². The standard InChI is InChI=1S/C9H7N5O3/c1-17-9-6(13-14-10)8(16)5-4(7(9)15)2-11-3-12-5/h2-3,15-16H,1H3. The maximum atomic E-state index is 9.88. The Bertz CT molecular complexity index is 636. The summed E-state index contributed by atoms with van der Waals surface area (Å²) >= 11 is 0. The summed E-state index contributed by atoms with van der Waals surface area (Å²) in [5.74, 6) is -0.777. The monoisotopic (exact) mass is 233 g/mol. The van der Waals surface area contributed by atoms with Gasteiger partial charge in [-0.2, -0.15) is 0 Å². The van der Waals surface area contributed by atoms with Crippen molar-refractivity contribution in [2.75, 3.05) is 7.11 Å². The molecular formula is C9H7N5O3. The number of hydrogen-bond donors (Lipinski definition) is 2. The molecule has 1 heterocycles. The van der Waals surface area contributed by atoms with Crippen LogP contribution < -0.4 is 4.74 Å². The van der Waals surface area contributed by atoms with Crippen LogP contribution in [0.4, 0.5) is 5.69 Å². The summed E-state index contributed by atoms with van der Waals surface area (Å²) in [5.41, 5.74) is 8.28. The average molecular weight is 233 g/mol. The molecule has 0 unspecified atom stereocenters. The third kappa shape index (κ3) is 1.52. The van der Waals surface area contributed by atoms with Crippen LogP contribution in [0.2, 0.25) is 0 Å². The average Bonchev–Trinajstić information content (AvgIpc) is 2.36. The van der Waals surface area contributed by atoms with Gasteiger partial charge in [0.05, 0.1) is 12.5 Å². The number of aromatic nitrogens is 2. The highest BCUT2D eigenvalue weighted by Crippen LogP contribution is 2.48. The number of azide groups is 1. The number of rotatable bonds is 2. The van der Waals surface area contributed by atoms with Gasteiger partial charge in [-0.1, -0.05) is 5.11 Å². The maximum absolute atomic E-state index is 9.88. The van der Waals surface area contributed by atoms with Gasteiger partial charge in [0, 0.05) is 11.1 Å². The van der Waals surface area contributed by atoms with Gasteiger partial charge in [-0.15, -0.1) is 0 Å². The van der Waals surface area contributed by atoms with Crippen LogP contribution in [0.5, 0.6) is 17.2 Å². The Balaban J connectivity index is 2.98. The number of methoxy groups -OCH3 is 1. The lowest BCUT2D eigenvalue weighted by molar-refractivity contribution is 0.374. The zero-order chi connectivity index (χ0) is 12.4. The summed E-state index contributed by atoms with van der Waals surface area (Å²) in [5, 5.41) is 23.2. The number of benzene rings is 1. The Morgan fingerprint density at radius 3 is 2.82 bits per heavy atom. The number of fused-ring (bicyclic) bond motifs is 1. The van der Waals surface area contributed by atoms with E-state index in [1.807, 2.05) is 0 Å². The van der Waals surface area contributed by atoms with Crippen LogP contribution in [0.15, 0.2) is 17.6 Å². The number of ether oxygens (including phenoxy) is 1. The summed E-state index contributed by atoms with van der Waals surface area (Å²) in [7, 11) is 1.28. The molecule has 0 spiro atoms. The van der Waals surface area contributed by atoms with Crippen molar-refractivity contribution in [1.82, 2.24) is 9.97 Å². The van der Waals surface area contributed by atoms with Crippen LogP contribution in [-0.2, 0) is 0 Å². The van der Waals surface area contributed by atoms with Gasteiger partial charge in [-0.05, 0) is 5.53 Å². The molecule has 8 heteroatoms. The van der Waals surface area contributed by atoms with E-state index >= 15 is 0 Å². The van der Waals surface area contributed by atoms with Crippen molar-refractivity contribution < 1.29 is 14.9 Å². The van der Waals surface area contributed by atoms with Crippen LogP contribution in [0, 0.1) is 0 Å². The second-order valence-corrected chi connectivity index (χ2v) is 3.05. The van der Waals surface area contributed by atoms with Crippen LogP contribution >= 0.6 is 0 Å². The molecule has 2 rings (SSSR count). The summed E-state index contributed by atoms with van der Waals surface area (Å²) in [6, 6.07) is 0. The Kier molecular flexibility index (Phi) is 2.55. The van der Waals surface area contributed by atoms with E-state index in [4.69, 9.17) is 10.3 Å². The molecule has 0 fully saturated rings. The topological polar surface area (TPSA) is 124 Å². The maximum Gasteiger partial charge on any atom is 0.174 e. The highest BCUT2D eigenvalue weighted by molar-refractivity contribution is 5.97. The minimum absolute atomic E-state index is 0.0840. The molecule has 0 saturated carbocycles. The number of nitrogens with zero attached hydrogens (tertiary/aromatic N) is 5. The van der Waals surface area contributed by atoms with Gasteiger partial charge in [0.1, 0.15) is 17.5 Å². The Morgan fingerprint density at radius 1 is 1.41 bits per heavy atom. The molecule has 0 aliphatic rings. The molecule has 0 aliphatic carbocycles. The van der Waals surface area contributed by atoms with Gasteiger partial charge in [0.15, 0.2) is 17.2 Å². The molecule has 2 aromatic rings. The first-order valence-electron chi connectivity index (χ1n) is 4.47. The van der Waals surface area contributed by atoms with Crippen molar-refractivity contribution in [1.29, 1.82) is 0 Å². The largest absolute Gasteiger partial charge is 0.505 e. The first kappa shape index (κ1) is 10.8. The fourth-order valence-corrected chi connectivity index (χ4v) is 1.48. The van der Waals surface area contributed by atoms with E-state index in [9.17, 15) is 10.2 Å². The normalized spacial score (nSPS) is 9.94. The Hall–Kier alpha value is -2.73. The number of aromatic hydroxyl groups is 2. The van der Waals surface area contributed by atoms with Crippen LogP contribution in [0.1, 0.15) is 0 Å². The number of phenols is 2. The lowest BCUT2D eigenvalue weighted by Crippen LogP contribution is -1.89. The minimum Gasteiger partial charge on any atom is -0.505 e. The van der Waals surface area contributed by atoms with Gasteiger partial charge < -0.3 is 14.9 Å². The smallest absolute Gasteiger partial charge is 0.174 e. The molecule has 17 heavy (non-hydrogen) atoms. The zero-order valence-electron chi connectivity index (χ0n) is 8.69. The van der Waals surface area contributed by atoms with E-state index in [2.05, 4.69) is 20.0 Å². The second kappa shape index (κ2) is 4.03. The van der Waals surface area contributed by atoms with Crippen molar-refractivity contribution in [3.05, 3.63) is 23.0 Å². The van der Waals surface area contributed by atoms with Crippen molar-refractivity contribution in [3.63, 3.8) is 0 Å². The van der Waals surface area contributed by atoms with E-state index in [0.717, 1.165) is 0 Å². The summed E-state index contributed by atoms with van der Waals surface area (Å²) in [6.45, 7) is 0. The predicted molar refractivity (Wildman–Crippen MR) is 58.2 cm³/mol. The van der Waals surface area contributed by atoms with Crippen molar-refractivity contribution in [2.45, 2.75) is 0 Å². The number of phenolic OH excluding ortho intramolecular Hbond substituents is 2. The third-order valence-electron chi connectivity index (χ3n) is 2.19. The van der Waals surface area contributed by atoms with Crippen molar-refractivity contribution >= 4 is 16.6 Å². The van der Waals surface area contributed by atoms with E-state index < -0.39 is 0 Å². The summed E-state index contributed by atoms with van der Waals surface area (Å²) in [4.78, 5) is 10.1. The highest BCUT2D eigenvalue weighted by atomic mass is 16.5. The fraction of sp³-hybridized carbons (Fsp3) is 0.111. The summed E-state index contributed by atoms with van der Waals surface area (Å²) in [6.07, 6.45) is 2.52. The Labute approximate surface area is 94.8 Å². The summed E-state index contributed by atoms with van der Waals surface area (Å²) < 4.78 is 4.89. The molecule has 0 bridgehead atoms. The van der Waals surface area contributed by atoms with Gasteiger partial charge in [-0.25, -0.2) is 9.97 Å². The van der Waals surface area contributed by atoms with Gasteiger partial charge in [0.2, 0.25) is 0 Å². The van der Waals surface area contributed by atoms with E-state index in [1.54, 1.807) is 0 Å². The van der Waals surface area contributed by atoms with E-state index in [0.29, 0.717) is 0 Å². The predicted octanol–water partition coefficient (Wildman–Crippen LogP) is 1.99. The number of hydrogen-bond acceptors (Lipinski definition) is 6. The first-order chi connectivity index (χ1) is 8.20. The Morgan fingerprint density at radius 2 is 2.18 bits per heavy atom. The first-order valence-corrected chi connectivity index (χ1v) is 4.47. The lowest BCUT2D eigenvalue weighted by Gasteiger charge is -2.11. The second-order valence-electron chi connectivity index (χ2n) is 3.05. The van der Waals surface area contributed by atoms with Crippen molar-refractivity contribution in [3.8, 4) is 17.2 Å².